The van der Waals surface area contributed by atoms with E-state index < -0.39 is 0 Å². The smallest absolute Gasteiger partial charge is 0.226 e. The van der Waals surface area contributed by atoms with Crippen LogP contribution in [-0.4, -0.2) is 46.1 Å². The Kier molecular flexibility index (Phi) is 5.61. The van der Waals surface area contributed by atoms with Gasteiger partial charge < -0.3 is 9.88 Å². The number of anilines is 1. The first-order valence-electron chi connectivity index (χ1n) is 7.79. The van der Waals surface area contributed by atoms with Crippen molar-refractivity contribution in [1.29, 1.82) is 0 Å². The molecule has 3 heterocycles. The Morgan fingerprint density at radius 3 is 2.86 bits per heavy atom. The SMILES string of the molecule is CC.CC1CCN(N)CC1N(C)c1nc(Cl)nc2[nH]ccc12. The molecule has 7 heteroatoms. The summed E-state index contributed by atoms with van der Waals surface area (Å²) < 4.78 is 0. The van der Waals surface area contributed by atoms with Crippen molar-refractivity contribution < 1.29 is 0 Å². The molecule has 22 heavy (non-hydrogen) atoms. The van der Waals surface area contributed by atoms with E-state index in [1.54, 1.807) is 0 Å². The molecule has 0 spiro atoms. The Balaban J connectivity index is 0.000000847. The maximum Gasteiger partial charge on any atom is 0.226 e. The first kappa shape index (κ1) is 17.0. The quantitative estimate of drug-likeness (QED) is 0.656. The van der Waals surface area contributed by atoms with Crippen molar-refractivity contribution >= 4 is 28.5 Å². The number of nitrogens with two attached hydrogens (primary N) is 1. The molecule has 3 rings (SSSR count). The monoisotopic (exact) mass is 324 g/mol. The van der Waals surface area contributed by atoms with Gasteiger partial charge in [0.1, 0.15) is 11.5 Å². The number of piperidine rings is 1. The average Bonchev–Trinajstić information content (AvgIpc) is 2.98. The second-order valence-electron chi connectivity index (χ2n) is 5.50. The molecule has 0 bridgehead atoms. The van der Waals surface area contributed by atoms with Crippen molar-refractivity contribution in [3.63, 3.8) is 0 Å². The van der Waals surface area contributed by atoms with Crippen LogP contribution in [0.3, 0.4) is 0 Å². The molecule has 0 aliphatic carbocycles. The summed E-state index contributed by atoms with van der Waals surface area (Å²) >= 11 is 6.02. The van der Waals surface area contributed by atoms with Gasteiger partial charge in [-0.05, 0) is 30.0 Å². The number of nitrogens with one attached hydrogen (secondary N) is 1. The molecule has 0 saturated carbocycles. The maximum atomic E-state index is 6.02. The molecule has 2 unspecified atom stereocenters. The van der Waals surface area contributed by atoms with Gasteiger partial charge in [-0.3, -0.25) is 5.84 Å². The highest BCUT2D eigenvalue weighted by atomic mass is 35.5. The summed E-state index contributed by atoms with van der Waals surface area (Å²) in [6.07, 6.45) is 2.94. The summed E-state index contributed by atoms with van der Waals surface area (Å²) in [7, 11) is 2.05. The standard InChI is InChI=1S/C13H19ClN6.C2H6/c1-8-4-6-20(15)7-10(8)19(2)12-9-3-5-16-11(9)17-13(14)18-12;1-2/h3,5,8,10H,4,6-7,15H2,1-2H3,(H,16,17,18);1-2H3. The minimum absolute atomic E-state index is 0.259. The van der Waals surface area contributed by atoms with Crippen LogP contribution >= 0.6 is 11.6 Å². The van der Waals surface area contributed by atoms with E-state index in [1.165, 1.54) is 0 Å². The average molecular weight is 325 g/mol. The highest BCUT2D eigenvalue weighted by molar-refractivity contribution is 6.28. The second kappa shape index (κ2) is 7.26. The summed E-state index contributed by atoms with van der Waals surface area (Å²) in [4.78, 5) is 13.9. The normalized spacial score (nSPS) is 22.3. The number of H-pyrrole nitrogens is 1. The van der Waals surface area contributed by atoms with Crippen LogP contribution in [0.5, 0.6) is 0 Å². The molecule has 2 atom stereocenters. The van der Waals surface area contributed by atoms with Crippen LogP contribution < -0.4 is 10.7 Å². The van der Waals surface area contributed by atoms with Gasteiger partial charge in [0.15, 0.2) is 0 Å². The Morgan fingerprint density at radius 2 is 2.14 bits per heavy atom. The lowest BCUT2D eigenvalue weighted by molar-refractivity contribution is 0.168. The molecule has 3 N–H and O–H groups in total. The van der Waals surface area contributed by atoms with E-state index >= 15 is 0 Å². The molecule has 122 valence electrons. The number of fused-ring (bicyclic) bond motifs is 1. The highest BCUT2D eigenvalue weighted by Gasteiger charge is 2.29. The number of aromatic amines is 1. The van der Waals surface area contributed by atoms with Gasteiger partial charge >= 0.3 is 0 Å². The Labute approximate surface area is 136 Å². The summed E-state index contributed by atoms with van der Waals surface area (Å²) in [6.45, 7) is 8.02. The van der Waals surface area contributed by atoms with Gasteiger partial charge in [0.2, 0.25) is 5.28 Å². The third kappa shape index (κ3) is 3.34. The van der Waals surface area contributed by atoms with Crippen LogP contribution in [0, 0.1) is 5.92 Å². The summed E-state index contributed by atoms with van der Waals surface area (Å²) in [6, 6.07) is 2.29. The maximum absolute atomic E-state index is 6.02. The number of hydrazine groups is 1. The third-order valence-corrected chi connectivity index (χ3v) is 4.32. The van der Waals surface area contributed by atoms with Gasteiger partial charge in [-0.2, -0.15) is 9.97 Å². The Hall–Kier alpha value is -1.37. The minimum Gasteiger partial charge on any atom is -0.354 e. The van der Waals surface area contributed by atoms with Gasteiger partial charge in [0, 0.05) is 32.4 Å². The molecule has 1 fully saturated rings. The predicted octanol–water partition coefficient (Wildman–Crippen LogP) is 2.66. The highest BCUT2D eigenvalue weighted by Crippen LogP contribution is 2.29. The molecule has 1 aliphatic rings. The molecule has 1 saturated heterocycles. The molecular formula is C15H25ClN6. The van der Waals surface area contributed by atoms with E-state index in [2.05, 4.69) is 26.8 Å². The molecule has 2 aromatic heterocycles. The van der Waals surface area contributed by atoms with Crippen molar-refractivity contribution in [2.24, 2.45) is 11.8 Å². The van der Waals surface area contributed by atoms with Crippen molar-refractivity contribution in [2.75, 3.05) is 25.0 Å². The van der Waals surface area contributed by atoms with Crippen molar-refractivity contribution in [3.05, 3.63) is 17.5 Å². The van der Waals surface area contributed by atoms with Crippen molar-refractivity contribution in [2.45, 2.75) is 33.2 Å². The lowest BCUT2D eigenvalue weighted by Gasteiger charge is -2.40. The lowest BCUT2D eigenvalue weighted by atomic mass is 9.93. The van der Waals surface area contributed by atoms with Gasteiger partial charge in [-0.15, -0.1) is 0 Å². The van der Waals surface area contributed by atoms with Gasteiger partial charge in [0.25, 0.3) is 0 Å². The number of hydrogen-bond acceptors (Lipinski definition) is 5. The van der Waals surface area contributed by atoms with Crippen molar-refractivity contribution in [1.82, 2.24) is 20.0 Å². The van der Waals surface area contributed by atoms with E-state index in [9.17, 15) is 0 Å². The summed E-state index contributed by atoms with van der Waals surface area (Å²) in [5, 5.41) is 3.12. The number of aromatic nitrogens is 3. The van der Waals surface area contributed by atoms with Crippen LogP contribution in [0.1, 0.15) is 27.2 Å². The van der Waals surface area contributed by atoms with E-state index in [0.717, 1.165) is 36.4 Å². The molecular weight excluding hydrogens is 300 g/mol. The Morgan fingerprint density at radius 1 is 1.41 bits per heavy atom. The fraction of sp³-hybridized carbons (Fsp3) is 0.600. The third-order valence-electron chi connectivity index (χ3n) is 4.15. The van der Waals surface area contributed by atoms with E-state index in [-0.39, 0.29) is 5.28 Å². The number of nitrogens with zero attached hydrogens (tertiary/aromatic N) is 4. The number of halogens is 1. The molecule has 1 aliphatic heterocycles. The van der Waals surface area contributed by atoms with Crippen molar-refractivity contribution in [3.8, 4) is 0 Å². The zero-order valence-electron chi connectivity index (χ0n) is 13.7. The molecule has 0 amide bonds. The van der Waals surface area contributed by atoms with Gasteiger partial charge in [0.05, 0.1) is 5.39 Å². The van der Waals surface area contributed by atoms with E-state index in [1.807, 2.05) is 38.2 Å². The fourth-order valence-electron chi connectivity index (χ4n) is 2.90. The molecule has 6 nitrogen and oxygen atoms in total. The lowest BCUT2D eigenvalue weighted by Crippen LogP contribution is -2.53. The molecule has 0 aromatic carbocycles. The topological polar surface area (TPSA) is 74.1 Å². The van der Waals surface area contributed by atoms with Crippen LogP contribution in [0.4, 0.5) is 5.82 Å². The van der Waals surface area contributed by atoms with Gasteiger partial charge in [-0.1, -0.05) is 20.8 Å². The van der Waals surface area contributed by atoms with Gasteiger partial charge in [-0.25, -0.2) is 5.01 Å². The zero-order valence-corrected chi connectivity index (χ0v) is 14.4. The largest absolute Gasteiger partial charge is 0.354 e. The minimum atomic E-state index is 0.259. The van der Waals surface area contributed by atoms with Crippen LogP contribution in [-0.2, 0) is 0 Å². The fourth-order valence-corrected chi connectivity index (χ4v) is 3.07. The number of hydrogen-bond donors (Lipinski definition) is 2. The predicted molar refractivity (Wildman–Crippen MR) is 92.0 cm³/mol. The van der Waals surface area contributed by atoms with E-state index in [4.69, 9.17) is 17.4 Å². The van der Waals surface area contributed by atoms with Crippen LogP contribution in [0.25, 0.3) is 11.0 Å². The zero-order chi connectivity index (χ0) is 16.3. The summed E-state index contributed by atoms with van der Waals surface area (Å²) in [5.41, 5.74) is 0.764. The first-order chi connectivity index (χ1) is 10.6. The Bertz CT molecular complexity index is 613. The first-order valence-corrected chi connectivity index (χ1v) is 8.17. The van der Waals surface area contributed by atoms with Crippen LogP contribution in [0.15, 0.2) is 12.3 Å². The van der Waals surface area contributed by atoms with Crippen LogP contribution in [0.2, 0.25) is 5.28 Å². The second-order valence-corrected chi connectivity index (χ2v) is 5.83. The molecule has 2 aromatic rings. The number of likely N-dealkylation sites (N-methyl/N-ethyl adjacent to an activating group) is 1. The summed E-state index contributed by atoms with van der Waals surface area (Å²) in [5.74, 6) is 7.38. The number of rotatable bonds is 2. The molecule has 0 radical (unpaired) electrons. The van der Waals surface area contributed by atoms with E-state index in [0.29, 0.717) is 12.0 Å².